The number of nitrogens with zero attached hydrogens (tertiary/aromatic N) is 2. The molecule has 0 saturated heterocycles. The molecule has 3 N–H and O–H groups in total. The van der Waals surface area contributed by atoms with Crippen molar-refractivity contribution in [3.8, 4) is 0 Å². The number of hydrazine groups is 1. The fourth-order valence-electron chi connectivity index (χ4n) is 1.26. The van der Waals surface area contributed by atoms with Crippen LogP contribution in [0.4, 0.5) is 0 Å². The van der Waals surface area contributed by atoms with Gasteiger partial charge in [-0.1, -0.05) is 0 Å². The van der Waals surface area contributed by atoms with E-state index < -0.39 is 0 Å². The number of aromatic nitrogens is 2. The van der Waals surface area contributed by atoms with Gasteiger partial charge in [-0.2, -0.15) is 0 Å². The van der Waals surface area contributed by atoms with E-state index in [0.717, 1.165) is 24.4 Å². The zero-order valence-electron chi connectivity index (χ0n) is 7.53. The second kappa shape index (κ2) is 3.81. The van der Waals surface area contributed by atoms with Gasteiger partial charge in [0.15, 0.2) is 0 Å². The Morgan fingerprint density at radius 3 is 2.62 bits per heavy atom. The Kier molecular flexibility index (Phi) is 2.52. The normalized spacial score (nSPS) is 16.1. The number of nitrogens with one attached hydrogen (secondary N) is 1. The van der Waals surface area contributed by atoms with Crippen LogP contribution in [0.15, 0.2) is 12.4 Å². The van der Waals surface area contributed by atoms with Crippen LogP contribution in [0, 0.1) is 0 Å². The molecule has 0 unspecified atom stereocenters. The molecule has 70 valence electrons. The van der Waals surface area contributed by atoms with Crippen LogP contribution in [-0.4, -0.2) is 16.5 Å². The van der Waals surface area contributed by atoms with E-state index in [4.69, 9.17) is 5.84 Å². The maximum atomic E-state index is 5.17. The minimum absolute atomic E-state index is 0.640. The molecule has 4 nitrogen and oxygen atoms in total. The number of hydrogen-bond acceptors (Lipinski definition) is 4. The highest BCUT2D eigenvalue weighted by Gasteiger charge is 2.25. The fourth-order valence-corrected chi connectivity index (χ4v) is 1.26. The number of rotatable bonds is 4. The molecular weight excluding hydrogens is 164 g/mol. The van der Waals surface area contributed by atoms with E-state index >= 15 is 0 Å². The summed E-state index contributed by atoms with van der Waals surface area (Å²) in [6, 6.07) is 0. The molecule has 0 aromatic carbocycles. The van der Waals surface area contributed by atoms with Gasteiger partial charge >= 0.3 is 0 Å². The second-order valence-electron chi connectivity index (χ2n) is 3.43. The molecule has 0 bridgehead atoms. The quantitative estimate of drug-likeness (QED) is 0.516. The molecule has 0 amide bonds. The molecule has 0 atom stereocenters. The summed E-state index contributed by atoms with van der Waals surface area (Å²) in [6.45, 7) is 0.770. The SMILES string of the molecule is NNCCc1cnc(C2CC2)nc1. The Labute approximate surface area is 77.5 Å². The smallest absolute Gasteiger partial charge is 0.131 e. The van der Waals surface area contributed by atoms with Gasteiger partial charge in [0.25, 0.3) is 0 Å². The molecule has 1 aliphatic carbocycles. The van der Waals surface area contributed by atoms with Crippen molar-refractivity contribution in [2.45, 2.75) is 25.2 Å². The van der Waals surface area contributed by atoms with Gasteiger partial charge in [-0.05, 0) is 24.8 Å². The minimum Gasteiger partial charge on any atom is -0.271 e. The Morgan fingerprint density at radius 2 is 2.08 bits per heavy atom. The van der Waals surface area contributed by atoms with Gasteiger partial charge in [0.1, 0.15) is 5.82 Å². The third-order valence-corrected chi connectivity index (χ3v) is 2.23. The van der Waals surface area contributed by atoms with Crippen molar-refractivity contribution in [1.29, 1.82) is 0 Å². The molecule has 1 saturated carbocycles. The van der Waals surface area contributed by atoms with Crippen LogP contribution in [-0.2, 0) is 6.42 Å². The lowest BCUT2D eigenvalue weighted by Crippen LogP contribution is -2.24. The van der Waals surface area contributed by atoms with Gasteiger partial charge in [-0.3, -0.25) is 11.3 Å². The van der Waals surface area contributed by atoms with Gasteiger partial charge in [-0.15, -0.1) is 0 Å². The predicted molar refractivity (Wildman–Crippen MR) is 49.9 cm³/mol. The minimum atomic E-state index is 0.640. The highest BCUT2D eigenvalue weighted by atomic mass is 15.2. The Morgan fingerprint density at radius 1 is 1.38 bits per heavy atom. The standard InChI is InChI=1S/C9H14N4/c10-13-4-3-7-5-11-9(12-6-7)8-1-2-8/h5-6,8,13H,1-4,10H2. The zero-order chi connectivity index (χ0) is 9.10. The molecule has 2 rings (SSSR count). The molecule has 0 aliphatic heterocycles. The van der Waals surface area contributed by atoms with E-state index in [2.05, 4.69) is 15.4 Å². The van der Waals surface area contributed by atoms with Crippen molar-refractivity contribution in [3.63, 3.8) is 0 Å². The van der Waals surface area contributed by atoms with E-state index in [1.54, 1.807) is 0 Å². The van der Waals surface area contributed by atoms with Gasteiger partial charge in [-0.25, -0.2) is 9.97 Å². The average Bonchev–Trinajstić information content (AvgIpc) is 2.99. The monoisotopic (exact) mass is 178 g/mol. The molecule has 0 radical (unpaired) electrons. The lowest BCUT2D eigenvalue weighted by molar-refractivity contribution is 0.723. The average molecular weight is 178 g/mol. The van der Waals surface area contributed by atoms with Crippen LogP contribution in [0.5, 0.6) is 0 Å². The molecule has 13 heavy (non-hydrogen) atoms. The lowest BCUT2D eigenvalue weighted by atomic mass is 10.2. The third kappa shape index (κ3) is 2.23. The lowest BCUT2D eigenvalue weighted by Gasteiger charge is -2.00. The molecule has 0 spiro atoms. The Bertz CT molecular complexity index is 265. The highest BCUT2D eigenvalue weighted by molar-refractivity contribution is 5.10. The molecule has 1 aromatic heterocycles. The maximum Gasteiger partial charge on any atom is 0.131 e. The van der Waals surface area contributed by atoms with E-state index in [1.165, 1.54) is 12.8 Å². The van der Waals surface area contributed by atoms with Crippen molar-refractivity contribution in [2.75, 3.05) is 6.54 Å². The molecule has 1 aromatic rings. The topological polar surface area (TPSA) is 63.8 Å². The van der Waals surface area contributed by atoms with Crippen LogP contribution >= 0.6 is 0 Å². The van der Waals surface area contributed by atoms with Gasteiger partial charge < -0.3 is 0 Å². The van der Waals surface area contributed by atoms with Gasteiger partial charge in [0.2, 0.25) is 0 Å². The first-order chi connectivity index (χ1) is 6.40. The van der Waals surface area contributed by atoms with Crippen LogP contribution in [0.1, 0.15) is 30.1 Å². The van der Waals surface area contributed by atoms with Crippen LogP contribution in [0.25, 0.3) is 0 Å². The molecular formula is C9H14N4. The maximum absolute atomic E-state index is 5.17. The number of hydrogen-bond donors (Lipinski definition) is 2. The van der Waals surface area contributed by atoms with E-state index in [0.29, 0.717) is 5.92 Å². The van der Waals surface area contributed by atoms with Crippen molar-refractivity contribution < 1.29 is 0 Å². The van der Waals surface area contributed by atoms with Crippen LogP contribution in [0.2, 0.25) is 0 Å². The molecule has 1 aliphatic rings. The first kappa shape index (κ1) is 8.59. The van der Waals surface area contributed by atoms with Crippen molar-refractivity contribution >= 4 is 0 Å². The number of nitrogens with two attached hydrogens (primary N) is 1. The Hall–Kier alpha value is -1.00. The van der Waals surface area contributed by atoms with Gasteiger partial charge in [0, 0.05) is 24.9 Å². The van der Waals surface area contributed by atoms with E-state index in [9.17, 15) is 0 Å². The summed E-state index contributed by atoms with van der Waals surface area (Å²) >= 11 is 0. The van der Waals surface area contributed by atoms with Crippen LogP contribution < -0.4 is 11.3 Å². The summed E-state index contributed by atoms with van der Waals surface area (Å²) in [5.74, 6) is 6.82. The second-order valence-corrected chi connectivity index (χ2v) is 3.43. The zero-order valence-corrected chi connectivity index (χ0v) is 7.53. The third-order valence-electron chi connectivity index (χ3n) is 2.23. The summed E-state index contributed by atoms with van der Waals surface area (Å²) in [6.07, 6.45) is 7.20. The van der Waals surface area contributed by atoms with Gasteiger partial charge in [0.05, 0.1) is 0 Å². The fraction of sp³-hybridized carbons (Fsp3) is 0.556. The molecule has 1 heterocycles. The molecule has 4 heteroatoms. The summed E-state index contributed by atoms with van der Waals surface area (Å²) in [5.41, 5.74) is 3.75. The first-order valence-electron chi connectivity index (χ1n) is 4.64. The summed E-state index contributed by atoms with van der Waals surface area (Å²) in [7, 11) is 0. The first-order valence-corrected chi connectivity index (χ1v) is 4.64. The summed E-state index contributed by atoms with van der Waals surface area (Å²) < 4.78 is 0. The highest BCUT2D eigenvalue weighted by Crippen LogP contribution is 2.37. The van der Waals surface area contributed by atoms with E-state index in [1.807, 2.05) is 12.4 Å². The van der Waals surface area contributed by atoms with Crippen LogP contribution in [0.3, 0.4) is 0 Å². The summed E-state index contributed by atoms with van der Waals surface area (Å²) in [4.78, 5) is 8.63. The Balaban J connectivity index is 1.96. The molecule has 1 fully saturated rings. The summed E-state index contributed by atoms with van der Waals surface area (Å²) in [5, 5.41) is 0. The predicted octanol–water partition coefficient (Wildman–Crippen LogP) is 0.360. The van der Waals surface area contributed by atoms with E-state index in [-0.39, 0.29) is 0 Å². The van der Waals surface area contributed by atoms with Crippen molar-refractivity contribution in [3.05, 3.63) is 23.8 Å². The van der Waals surface area contributed by atoms with Crippen molar-refractivity contribution in [1.82, 2.24) is 15.4 Å². The largest absolute Gasteiger partial charge is 0.271 e. The van der Waals surface area contributed by atoms with Crippen molar-refractivity contribution in [2.24, 2.45) is 5.84 Å².